The highest BCUT2D eigenvalue weighted by Crippen LogP contribution is 2.14. The number of carbonyl (C=O) groups excluding carboxylic acids is 1. The van der Waals surface area contributed by atoms with Gasteiger partial charge in [0.1, 0.15) is 0 Å². The predicted molar refractivity (Wildman–Crippen MR) is 84.0 cm³/mol. The van der Waals surface area contributed by atoms with Crippen LogP contribution in [0.2, 0.25) is 0 Å². The monoisotopic (exact) mass is 280 g/mol. The molecule has 0 spiro atoms. The third kappa shape index (κ3) is 4.55. The molecule has 0 bridgehead atoms. The lowest BCUT2D eigenvalue weighted by molar-refractivity contribution is 0.0756. The summed E-state index contributed by atoms with van der Waals surface area (Å²) in [6.45, 7) is 2.97. The molecule has 1 amide bonds. The van der Waals surface area contributed by atoms with Crippen LogP contribution in [0.25, 0.3) is 0 Å². The average Bonchev–Trinajstić information content (AvgIpc) is 2.44. The molecule has 1 aromatic rings. The second-order valence-corrected chi connectivity index (χ2v) is 5.64. The van der Waals surface area contributed by atoms with E-state index in [0.717, 1.165) is 29.8 Å². The highest BCUT2D eigenvalue weighted by molar-refractivity contribution is 7.98. The Morgan fingerprint density at radius 2 is 2.11 bits per heavy atom. The normalized spacial score (nSPS) is 12.2. The van der Waals surface area contributed by atoms with Crippen molar-refractivity contribution in [2.24, 2.45) is 0 Å². The molecule has 1 rings (SSSR count). The Morgan fingerprint density at radius 3 is 2.74 bits per heavy atom. The van der Waals surface area contributed by atoms with Crippen LogP contribution in [0.1, 0.15) is 22.8 Å². The fourth-order valence-electron chi connectivity index (χ4n) is 1.95. The van der Waals surface area contributed by atoms with Gasteiger partial charge in [-0.3, -0.25) is 4.79 Å². The highest BCUT2D eigenvalue weighted by atomic mass is 32.2. The number of carbonyl (C=O) groups is 1. The molecular weight excluding hydrogens is 256 g/mol. The second kappa shape index (κ2) is 8.23. The van der Waals surface area contributed by atoms with Crippen molar-refractivity contribution in [2.45, 2.75) is 19.4 Å². The van der Waals surface area contributed by atoms with E-state index >= 15 is 0 Å². The standard InChI is InChI=1S/C15H24N2OS/c1-12(11-19-4)17(3)15(18)14-8-6-5-7-13(14)9-10-16-2/h5-8,12,16H,9-11H2,1-4H3. The fourth-order valence-corrected chi connectivity index (χ4v) is 2.66. The topological polar surface area (TPSA) is 32.3 Å². The first-order valence-corrected chi connectivity index (χ1v) is 7.99. The van der Waals surface area contributed by atoms with Gasteiger partial charge in [0.2, 0.25) is 0 Å². The molecule has 0 heterocycles. The van der Waals surface area contributed by atoms with Crippen LogP contribution in [0.5, 0.6) is 0 Å². The number of nitrogens with one attached hydrogen (secondary N) is 1. The molecule has 0 aliphatic carbocycles. The van der Waals surface area contributed by atoms with Gasteiger partial charge in [-0.25, -0.2) is 0 Å². The summed E-state index contributed by atoms with van der Waals surface area (Å²) < 4.78 is 0. The van der Waals surface area contributed by atoms with E-state index in [4.69, 9.17) is 0 Å². The van der Waals surface area contributed by atoms with Gasteiger partial charge in [0.05, 0.1) is 0 Å². The number of benzene rings is 1. The molecule has 0 radical (unpaired) electrons. The van der Waals surface area contributed by atoms with E-state index < -0.39 is 0 Å². The summed E-state index contributed by atoms with van der Waals surface area (Å²) in [5, 5.41) is 3.13. The summed E-state index contributed by atoms with van der Waals surface area (Å²) in [6.07, 6.45) is 2.94. The smallest absolute Gasteiger partial charge is 0.254 e. The molecule has 1 unspecified atom stereocenters. The molecule has 106 valence electrons. The number of nitrogens with zero attached hydrogens (tertiary/aromatic N) is 1. The largest absolute Gasteiger partial charge is 0.338 e. The minimum Gasteiger partial charge on any atom is -0.338 e. The maximum Gasteiger partial charge on any atom is 0.254 e. The highest BCUT2D eigenvalue weighted by Gasteiger charge is 2.19. The number of likely N-dealkylation sites (N-methyl/N-ethyl adjacent to an activating group) is 1. The molecule has 0 aliphatic heterocycles. The fraction of sp³-hybridized carbons (Fsp3) is 0.533. The number of thioether (sulfide) groups is 1. The molecule has 3 nitrogen and oxygen atoms in total. The van der Waals surface area contributed by atoms with E-state index in [9.17, 15) is 4.79 Å². The molecule has 0 saturated carbocycles. The minimum absolute atomic E-state index is 0.119. The van der Waals surface area contributed by atoms with E-state index in [1.165, 1.54) is 0 Å². The molecule has 4 heteroatoms. The predicted octanol–water partition coefficient (Wildman–Crippen LogP) is 2.27. The Kier molecular flexibility index (Phi) is 6.95. The Morgan fingerprint density at radius 1 is 1.42 bits per heavy atom. The summed E-state index contributed by atoms with van der Waals surface area (Å²) in [4.78, 5) is 14.4. The van der Waals surface area contributed by atoms with Crippen molar-refractivity contribution in [3.8, 4) is 0 Å². The average molecular weight is 280 g/mol. The van der Waals surface area contributed by atoms with Gasteiger partial charge in [-0.05, 0) is 44.8 Å². The zero-order valence-electron chi connectivity index (χ0n) is 12.3. The van der Waals surface area contributed by atoms with Crippen LogP contribution < -0.4 is 5.32 Å². The van der Waals surface area contributed by atoms with Crippen molar-refractivity contribution in [1.29, 1.82) is 0 Å². The Balaban J connectivity index is 2.86. The number of hydrogen-bond acceptors (Lipinski definition) is 3. The lowest BCUT2D eigenvalue weighted by atomic mass is 10.0. The molecular formula is C15H24N2OS. The van der Waals surface area contributed by atoms with Crippen LogP contribution in [0, 0.1) is 0 Å². The third-order valence-electron chi connectivity index (χ3n) is 3.28. The summed E-state index contributed by atoms with van der Waals surface area (Å²) in [7, 11) is 3.81. The van der Waals surface area contributed by atoms with Gasteiger partial charge >= 0.3 is 0 Å². The first kappa shape index (κ1) is 16.1. The van der Waals surface area contributed by atoms with Gasteiger partial charge in [-0.2, -0.15) is 11.8 Å². The summed E-state index contributed by atoms with van der Waals surface area (Å²) in [5.74, 6) is 1.08. The zero-order valence-corrected chi connectivity index (χ0v) is 13.1. The molecule has 19 heavy (non-hydrogen) atoms. The van der Waals surface area contributed by atoms with Crippen LogP contribution in [0.3, 0.4) is 0 Å². The lowest BCUT2D eigenvalue weighted by Crippen LogP contribution is -2.37. The first-order chi connectivity index (χ1) is 9.11. The number of amides is 1. The van der Waals surface area contributed by atoms with Crippen molar-refractivity contribution >= 4 is 17.7 Å². The van der Waals surface area contributed by atoms with E-state index in [2.05, 4.69) is 18.5 Å². The Labute approximate surface area is 120 Å². The molecule has 1 atom stereocenters. The lowest BCUT2D eigenvalue weighted by Gasteiger charge is -2.25. The maximum absolute atomic E-state index is 12.5. The zero-order chi connectivity index (χ0) is 14.3. The summed E-state index contributed by atoms with van der Waals surface area (Å²) in [6, 6.07) is 8.14. The summed E-state index contributed by atoms with van der Waals surface area (Å²) >= 11 is 1.76. The quantitative estimate of drug-likeness (QED) is 0.831. The minimum atomic E-state index is 0.119. The van der Waals surface area contributed by atoms with Gasteiger partial charge in [0.25, 0.3) is 5.91 Å². The summed E-state index contributed by atoms with van der Waals surface area (Å²) in [5.41, 5.74) is 1.94. The van der Waals surface area contributed by atoms with Crippen LogP contribution in [-0.2, 0) is 6.42 Å². The molecule has 1 N–H and O–H groups in total. The van der Waals surface area contributed by atoms with Gasteiger partial charge in [0.15, 0.2) is 0 Å². The molecule has 1 aromatic carbocycles. The first-order valence-electron chi connectivity index (χ1n) is 6.60. The van der Waals surface area contributed by atoms with Crippen molar-refractivity contribution in [2.75, 3.05) is 32.6 Å². The van der Waals surface area contributed by atoms with Crippen molar-refractivity contribution < 1.29 is 4.79 Å². The van der Waals surface area contributed by atoms with Crippen LogP contribution in [0.4, 0.5) is 0 Å². The number of rotatable bonds is 7. The van der Waals surface area contributed by atoms with Gasteiger partial charge in [-0.1, -0.05) is 18.2 Å². The molecule has 0 aromatic heterocycles. The van der Waals surface area contributed by atoms with E-state index in [1.807, 2.05) is 43.3 Å². The second-order valence-electron chi connectivity index (χ2n) is 4.73. The molecule has 0 aliphatic rings. The SMILES string of the molecule is CNCCc1ccccc1C(=O)N(C)C(C)CSC. The number of hydrogen-bond donors (Lipinski definition) is 1. The van der Waals surface area contributed by atoms with Crippen LogP contribution in [0.15, 0.2) is 24.3 Å². The van der Waals surface area contributed by atoms with E-state index in [1.54, 1.807) is 11.8 Å². The van der Waals surface area contributed by atoms with Crippen molar-refractivity contribution in [1.82, 2.24) is 10.2 Å². The van der Waals surface area contributed by atoms with Gasteiger partial charge < -0.3 is 10.2 Å². The molecule has 0 saturated heterocycles. The Bertz CT molecular complexity index is 409. The van der Waals surface area contributed by atoms with Gasteiger partial charge in [0, 0.05) is 24.4 Å². The maximum atomic E-state index is 12.5. The Hall–Kier alpha value is -1.00. The van der Waals surface area contributed by atoms with E-state index in [-0.39, 0.29) is 11.9 Å². The van der Waals surface area contributed by atoms with Gasteiger partial charge in [-0.15, -0.1) is 0 Å². The third-order valence-corrected chi connectivity index (χ3v) is 4.10. The van der Waals surface area contributed by atoms with Crippen LogP contribution >= 0.6 is 11.8 Å². The van der Waals surface area contributed by atoms with E-state index in [0.29, 0.717) is 0 Å². The van der Waals surface area contributed by atoms with Crippen molar-refractivity contribution in [3.05, 3.63) is 35.4 Å². The van der Waals surface area contributed by atoms with Crippen molar-refractivity contribution in [3.63, 3.8) is 0 Å². The van der Waals surface area contributed by atoms with Crippen LogP contribution in [-0.4, -0.2) is 49.5 Å². The molecule has 0 fully saturated rings.